The van der Waals surface area contributed by atoms with Gasteiger partial charge in [0, 0.05) is 25.8 Å². The highest BCUT2D eigenvalue weighted by atomic mass is 32.1. The number of carbonyl (C=O) groups excluding carboxylic acids is 1. The zero-order valence-electron chi connectivity index (χ0n) is 11.9. The molecule has 1 amide bonds. The van der Waals surface area contributed by atoms with Gasteiger partial charge in [-0.05, 0) is 36.1 Å². The van der Waals surface area contributed by atoms with Gasteiger partial charge in [0.05, 0.1) is 17.4 Å². The monoisotopic (exact) mass is 309 g/mol. The maximum absolute atomic E-state index is 12.6. The number of hydrogen-bond donors (Lipinski definition) is 1. The minimum Gasteiger partial charge on any atom is -0.481 e. The van der Waals surface area contributed by atoms with Gasteiger partial charge in [0.1, 0.15) is 0 Å². The van der Waals surface area contributed by atoms with E-state index in [1.165, 1.54) is 11.3 Å². The number of thiophene rings is 1. The van der Waals surface area contributed by atoms with Crippen LogP contribution in [0.3, 0.4) is 0 Å². The zero-order valence-corrected chi connectivity index (χ0v) is 12.8. The second-order valence-corrected chi connectivity index (χ2v) is 6.78. The fourth-order valence-electron chi connectivity index (χ4n) is 3.19. The maximum atomic E-state index is 12.6. The maximum Gasteiger partial charge on any atom is 0.308 e. The molecule has 1 aromatic rings. The molecule has 114 valence electrons. The number of aliphatic carboxylic acids is 1. The molecule has 2 atom stereocenters. The molecule has 2 heterocycles. The molecule has 1 saturated carbocycles. The van der Waals surface area contributed by atoms with E-state index in [4.69, 9.17) is 4.74 Å². The molecule has 1 saturated heterocycles. The number of carbonyl (C=O) groups is 2. The summed E-state index contributed by atoms with van der Waals surface area (Å²) >= 11 is 1.40. The number of hydrogen-bond acceptors (Lipinski definition) is 4. The lowest BCUT2D eigenvalue weighted by Gasteiger charge is -2.16. The van der Waals surface area contributed by atoms with Crippen molar-refractivity contribution in [2.75, 3.05) is 20.2 Å². The molecule has 0 spiro atoms. The molecular weight excluding hydrogens is 290 g/mol. The third-order valence-electron chi connectivity index (χ3n) is 4.44. The van der Waals surface area contributed by atoms with Gasteiger partial charge in [0.25, 0.3) is 5.91 Å². The zero-order chi connectivity index (χ0) is 15.0. The van der Waals surface area contributed by atoms with Crippen LogP contribution >= 0.6 is 11.3 Å². The molecule has 1 N–H and O–H groups in total. The number of carboxylic acid groups (broad SMARTS) is 1. The second kappa shape index (κ2) is 5.77. The second-order valence-electron chi connectivity index (χ2n) is 5.86. The molecule has 0 radical (unpaired) electrons. The predicted octanol–water partition coefficient (Wildman–Crippen LogP) is 2.08. The largest absolute Gasteiger partial charge is 0.481 e. The Morgan fingerprint density at radius 1 is 1.43 bits per heavy atom. The lowest BCUT2D eigenvalue weighted by atomic mass is 9.92. The summed E-state index contributed by atoms with van der Waals surface area (Å²) in [6, 6.07) is 1.89. The van der Waals surface area contributed by atoms with Gasteiger partial charge in [-0.3, -0.25) is 9.59 Å². The summed E-state index contributed by atoms with van der Waals surface area (Å²) in [6.07, 6.45) is 2.20. The van der Waals surface area contributed by atoms with Crippen LogP contribution in [0.4, 0.5) is 0 Å². The first kappa shape index (κ1) is 14.5. The van der Waals surface area contributed by atoms with Crippen molar-refractivity contribution in [1.82, 2.24) is 4.90 Å². The Morgan fingerprint density at radius 3 is 2.81 bits per heavy atom. The summed E-state index contributed by atoms with van der Waals surface area (Å²) in [4.78, 5) is 26.5. The van der Waals surface area contributed by atoms with E-state index < -0.39 is 11.9 Å². The quantitative estimate of drug-likeness (QED) is 0.904. The summed E-state index contributed by atoms with van der Waals surface area (Å²) in [5.74, 6) is -0.618. The van der Waals surface area contributed by atoms with Crippen molar-refractivity contribution < 1.29 is 19.4 Å². The van der Waals surface area contributed by atoms with Crippen LogP contribution in [-0.4, -0.2) is 42.1 Å². The third kappa shape index (κ3) is 2.82. The van der Waals surface area contributed by atoms with Gasteiger partial charge < -0.3 is 14.7 Å². The minimum absolute atomic E-state index is 0.0496. The van der Waals surface area contributed by atoms with Crippen LogP contribution in [0.1, 0.15) is 28.1 Å². The Kier molecular flexibility index (Phi) is 3.99. The van der Waals surface area contributed by atoms with E-state index in [0.717, 1.165) is 18.4 Å². The normalized spacial score (nSPS) is 25.3. The topological polar surface area (TPSA) is 66.8 Å². The molecule has 2 aliphatic rings. The Bertz CT molecular complexity index is 552. The number of likely N-dealkylation sites (tertiary alicyclic amines) is 1. The number of carboxylic acids is 1. The Morgan fingerprint density at radius 2 is 2.19 bits per heavy atom. The molecule has 1 aliphatic heterocycles. The van der Waals surface area contributed by atoms with E-state index in [1.807, 2.05) is 11.4 Å². The average molecular weight is 309 g/mol. The van der Waals surface area contributed by atoms with Crippen LogP contribution in [-0.2, 0) is 16.1 Å². The van der Waals surface area contributed by atoms with Crippen molar-refractivity contribution in [3.8, 4) is 0 Å². The van der Waals surface area contributed by atoms with Crippen molar-refractivity contribution >= 4 is 23.2 Å². The lowest BCUT2D eigenvalue weighted by molar-refractivity contribution is -0.142. The molecule has 21 heavy (non-hydrogen) atoms. The van der Waals surface area contributed by atoms with Crippen molar-refractivity contribution in [2.24, 2.45) is 17.8 Å². The molecule has 0 aromatic carbocycles. The van der Waals surface area contributed by atoms with Crippen LogP contribution in [0.5, 0.6) is 0 Å². The molecule has 1 aliphatic carbocycles. The first-order valence-corrected chi connectivity index (χ1v) is 8.07. The smallest absolute Gasteiger partial charge is 0.308 e. The summed E-state index contributed by atoms with van der Waals surface area (Å²) in [5, 5.41) is 11.3. The Balaban J connectivity index is 1.76. The van der Waals surface area contributed by atoms with Crippen LogP contribution in [0.15, 0.2) is 11.4 Å². The predicted molar refractivity (Wildman–Crippen MR) is 78.3 cm³/mol. The van der Waals surface area contributed by atoms with E-state index in [0.29, 0.717) is 30.5 Å². The van der Waals surface area contributed by atoms with Crippen molar-refractivity contribution in [3.05, 3.63) is 21.9 Å². The molecule has 3 rings (SSSR count). The van der Waals surface area contributed by atoms with Crippen LogP contribution in [0.2, 0.25) is 0 Å². The van der Waals surface area contributed by atoms with Crippen molar-refractivity contribution in [2.45, 2.75) is 19.4 Å². The molecule has 5 nitrogen and oxygen atoms in total. The van der Waals surface area contributed by atoms with E-state index in [9.17, 15) is 14.7 Å². The number of amides is 1. The van der Waals surface area contributed by atoms with Gasteiger partial charge in [-0.2, -0.15) is 0 Å². The van der Waals surface area contributed by atoms with Gasteiger partial charge in [-0.25, -0.2) is 0 Å². The molecule has 1 aromatic heterocycles. The molecular formula is C15H19NO4S. The number of nitrogens with zero attached hydrogens (tertiary/aromatic N) is 1. The lowest BCUT2D eigenvalue weighted by Crippen LogP contribution is -2.30. The van der Waals surface area contributed by atoms with E-state index in [2.05, 4.69) is 0 Å². The van der Waals surface area contributed by atoms with E-state index in [-0.39, 0.29) is 11.8 Å². The highest BCUT2D eigenvalue weighted by Gasteiger charge is 2.47. The van der Waals surface area contributed by atoms with Gasteiger partial charge >= 0.3 is 5.97 Å². The number of rotatable bonds is 5. The number of ether oxygens (including phenoxy) is 1. The number of methoxy groups -OCH3 is 1. The standard InChI is InChI=1S/C15H19NO4S/c1-20-8-10-4-5-21-13(10)14(17)16-6-11(9-2-3-9)12(7-16)15(18)19/h4-5,9,11-12H,2-3,6-8H2,1H3,(H,18,19)/t11-,12+/m1/s1. The summed E-state index contributed by atoms with van der Waals surface area (Å²) in [5.41, 5.74) is 0.884. The molecule has 2 fully saturated rings. The SMILES string of the molecule is COCc1ccsc1C(=O)N1C[C@H](C(=O)O)[C@@H](C2CC2)C1. The first-order chi connectivity index (χ1) is 10.1. The summed E-state index contributed by atoms with van der Waals surface area (Å²) in [7, 11) is 1.60. The first-order valence-electron chi connectivity index (χ1n) is 7.19. The highest BCUT2D eigenvalue weighted by Crippen LogP contribution is 2.44. The average Bonchev–Trinajstić information content (AvgIpc) is 3.02. The fraction of sp³-hybridized carbons (Fsp3) is 0.600. The molecule has 0 bridgehead atoms. The van der Waals surface area contributed by atoms with Gasteiger partial charge in [-0.15, -0.1) is 11.3 Å². The third-order valence-corrected chi connectivity index (χ3v) is 5.38. The summed E-state index contributed by atoms with van der Waals surface area (Å²) < 4.78 is 5.11. The fourth-order valence-corrected chi connectivity index (χ4v) is 4.07. The summed E-state index contributed by atoms with van der Waals surface area (Å²) in [6.45, 7) is 1.32. The van der Waals surface area contributed by atoms with Gasteiger partial charge in [-0.1, -0.05) is 0 Å². The van der Waals surface area contributed by atoms with Crippen LogP contribution in [0, 0.1) is 17.8 Å². The van der Waals surface area contributed by atoms with Gasteiger partial charge in [0.2, 0.25) is 0 Å². The Hall–Kier alpha value is -1.40. The Labute approximate surface area is 127 Å². The van der Waals surface area contributed by atoms with Gasteiger partial charge in [0.15, 0.2) is 0 Å². The minimum atomic E-state index is -0.773. The highest BCUT2D eigenvalue weighted by molar-refractivity contribution is 7.12. The van der Waals surface area contributed by atoms with Crippen molar-refractivity contribution in [1.29, 1.82) is 0 Å². The van der Waals surface area contributed by atoms with E-state index >= 15 is 0 Å². The van der Waals surface area contributed by atoms with E-state index in [1.54, 1.807) is 12.0 Å². The van der Waals surface area contributed by atoms with Crippen LogP contribution in [0.25, 0.3) is 0 Å². The van der Waals surface area contributed by atoms with Crippen molar-refractivity contribution in [3.63, 3.8) is 0 Å². The van der Waals surface area contributed by atoms with Crippen LogP contribution < -0.4 is 0 Å². The molecule has 6 heteroatoms. The molecule has 0 unspecified atom stereocenters.